The summed E-state index contributed by atoms with van der Waals surface area (Å²) in [7, 11) is -2.02. The average Bonchev–Trinajstić information content (AvgIpc) is 2.38. The summed E-state index contributed by atoms with van der Waals surface area (Å²) in [5.41, 5.74) is 6.54. The van der Waals surface area contributed by atoms with E-state index >= 15 is 0 Å². The van der Waals surface area contributed by atoms with Gasteiger partial charge in [-0.05, 0) is 36.4 Å². The second-order valence-electron chi connectivity index (χ2n) is 4.29. The summed E-state index contributed by atoms with van der Waals surface area (Å²) in [4.78, 5) is 0.180. The van der Waals surface area contributed by atoms with E-state index in [0.29, 0.717) is 22.0 Å². The van der Waals surface area contributed by atoms with Crippen LogP contribution >= 0.6 is 11.6 Å². The maximum atomic E-state index is 12.4. The van der Waals surface area contributed by atoms with Crippen LogP contribution in [-0.4, -0.2) is 15.5 Å². The highest BCUT2D eigenvalue weighted by atomic mass is 35.5. The zero-order valence-corrected chi connectivity index (χ0v) is 12.4. The van der Waals surface area contributed by atoms with Crippen molar-refractivity contribution in [2.75, 3.05) is 12.8 Å². The van der Waals surface area contributed by atoms with Gasteiger partial charge in [0.15, 0.2) is 9.84 Å². The summed E-state index contributed by atoms with van der Waals surface area (Å²) < 4.78 is 29.9. The molecule has 0 amide bonds. The molecule has 0 atom stereocenters. The molecule has 2 N–H and O–H groups in total. The van der Waals surface area contributed by atoms with E-state index in [4.69, 9.17) is 22.1 Å². The molecule has 0 saturated carbocycles. The summed E-state index contributed by atoms with van der Waals surface area (Å²) in [5, 5.41) is 0.462. The first-order chi connectivity index (χ1) is 9.42. The molecule has 0 saturated heterocycles. The number of ether oxygens (including phenoxy) is 1. The molecule has 0 aliphatic heterocycles. The van der Waals surface area contributed by atoms with Gasteiger partial charge in [0.2, 0.25) is 0 Å². The first kappa shape index (κ1) is 14.7. The number of anilines is 1. The minimum absolute atomic E-state index is 0.180. The Hall–Kier alpha value is -1.72. The highest BCUT2D eigenvalue weighted by molar-refractivity contribution is 7.90. The van der Waals surface area contributed by atoms with E-state index in [-0.39, 0.29) is 10.6 Å². The van der Waals surface area contributed by atoms with E-state index in [0.717, 1.165) is 0 Å². The molecule has 2 rings (SSSR count). The van der Waals surface area contributed by atoms with Gasteiger partial charge in [0.25, 0.3) is 0 Å². The number of halogens is 1. The number of sulfone groups is 1. The molecule has 20 heavy (non-hydrogen) atoms. The molecule has 2 aromatic carbocycles. The normalized spacial score (nSPS) is 11.3. The van der Waals surface area contributed by atoms with E-state index in [9.17, 15) is 8.42 Å². The first-order valence-corrected chi connectivity index (χ1v) is 7.86. The van der Waals surface area contributed by atoms with E-state index in [2.05, 4.69) is 0 Å². The minimum Gasteiger partial charge on any atom is -0.496 e. The number of hydrogen-bond donors (Lipinski definition) is 1. The zero-order chi connectivity index (χ0) is 14.8. The van der Waals surface area contributed by atoms with Crippen molar-refractivity contribution < 1.29 is 13.2 Å². The summed E-state index contributed by atoms with van der Waals surface area (Å²) in [6.07, 6.45) is 0. The predicted molar refractivity (Wildman–Crippen MR) is 79.7 cm³/mol. The lowest BCUT2D eigenvalue weighted by Crippen LogP contribution is -2.06. The molecule has 0 bridgehead atoms. The van der Waals surface area contributed by atoms with Crippen molar-refractivity contribution in [2.24, 2.45) is 0 Å². The fourth-order valence-electron chi connectivity index (χ4n) is 1.86. The maximum absolute atomic E-state index is 12.4. The summed E-state index contributed by atoms with van der Waals surface area (Å²) in [6, 6.07) is 11.1. The smallest absolute Gasteiger partial charge is 0.182 e. The Labute approximate surface area is 123 Å². The van der Waals surface area contributed by atoms with Gasteiger partial charge in [0, 0.05) is 16.3 Å². The number of nitrogen functional groups attached to an aromatic ring is 1. The first-order valence-electron chi connectivity index (χ1n) is 5.83. The lowest BCUT2D eigenvalue weighted by molar-refractivity contribution is 0.411. The van der Waals surface area contributed by atoms with Gasteiger partial charge in [-0.15, -0.1) is 0 Å². The van der Waals surface area contributed by atoms with Crippen LogP contribution in [0.25, 0.3) is 0 Å². The van der Waals surface area contributed by atoms with Crippen molar-refractivity contribution in [3.05, 3.63) is 53.1 Å². The molecule has 0 unspecified atom stereocenters. The summed E-state index contributed by atoms with van der Waals surface area (Å²) in [6.45, 7) is 0. The molecule has 0 heterocycles. The molecular weight excluding hydrogens is 298 g/mol. The topological polar surface area (TPSA) is 69.4 Å². The van der Waals surface area contributed by atoms with Crippen molar-refractivity contribution in [1.82, 2.24) is 0 Å². The van der Waals surface area contributed by atoms with Gasteiger partial charge >= 0.3 is 0 Å². The van der Waals surface area contributed by atoms with Crippen LogP contribution in [0.1, 0.15) is 5.56 Å². The van der Waals surface area contributed by atoms with Crippen LogP contribution in [0.2, 0.25) is 5.02 Å². The van der Waals surface area contributed by atoms with Crippen LogP contribution in [0, 0.1) is 0 Å². The van der Waals surface area contributed by atoms with Crippen molar-refractivity contribution in [3.8, 4) is 5.75 Å². The van der Waals surface area contributed by atoms with Gasteiger partial charge in [0.1, 0.15) is 5.75 Å². The molecule has 106 valence electrons. The second kappa shape index (κ2) is 5.73. The van der Waals surface area contributed by atoms with Crippen LogP contribution in [0.5, 0.6) is 5.75 Å². The maximum Gasteiger partial charge on any atom is 0.182 e. The van der Waals surface area contributed by atoms with Gasteiger partial charge in [-0.25, -0.2) is 8.42 Å². The molecule has 0 fully saturated rings. The van der Waals surface area contributed by atoms with E-state index < -0.39 is 9.84 Å². The highest BCUT2D eigenvalue weighted by Crippen LogP contribution is 2.27. The van der Waals surface area contributed by atoms with Crippen LogP contribution in [0.3, 0.4) is 0 Å². The van der Waals surface area contributed by atoms with Crippen molar-refractivity contribution in [3.63, 3.8) is 0 Å². The van der Waals surface area contributed by atoms with E-state index in [1.807, 2.05) is 0 Å². The fraction of sp³-hybridized carbons (Fsp3) is 0.143. The zero-order valence-electron chi connectivity index (χ0n) is 10.8. The lowest BCUT2D eigenvalue weighted by atomic mass is 10.2. The van der Waals surface area contributed by atoms with Gasteiger partial charge in [-0.2, -0.15) is 0 Å². The van der Waals surface area contributed by atoms with E-state index in [1.54, 1.807) is 30.3 Å². The lowest BCUT2D eigenvalue weighted by Gasteiger charge is -2.10. The SMILES string of the molecule is COc1ccc(Cl)cc1CS(=O)(=O)c1cccc(N)c1. The number of nitrogens with two attached hydrogens (primary N) is 1. The number of hydrogen-bond acceptors (Lipinski definition) is 4. The predicted octanol–water partition coefficient (Wildman–Crippen LogP) is 2.90. The van der Waals surface area contributed by atoms with E-state index in [1.165, 1.54) is 19.2 Å². The number of benzene rings is 2. The number of methoxy groups -OCH3 is 1. The molecule has 2 aromatic rings. The average molecular weight is 312 g/mol. The third-order valence-electron chi connectivity index (χ3n) is 2.81. The molecule has 6 heteroatoms. The summed E-state index contributed by atoms with van der Waals surface area (Å²) >= 11 is 5.90. The van der Waals surface area contributed by atoms with Gasteiger partial charge in [-0.3, -0.25) is 0 Å². The Balaban J connectivity index is 2.40. The Kier molecular flexibility index (Phi) is 4.20. The largest absolute Gasteiger partial charge is 0.496 e. The van der Waals surface area contributed by atoms with Gasteiger partial charge < -0.3 is 10.5 Å². The van der Waals surface area contributed by atoms with Crippen molar-refractivity contribution >= 4 is 27.1 Å². The molecular formula is C14H14ClNO3S. The van der Waals surface area contributed by atoms with Crippen molar-refractivity contribution in [2.45, 2.75) is 10.6 Å². The van der Waals surface area contributed by atoms with Crippen LogP contribution in [-0.2, 0) is 15.6 Å². The Morgan fingerprint density at radius 1 is 1.20 bits per heavy atom. The Morgan fingerprint density at radius 2 is 1.95 bits per heavy atom. The minimum atomic E-state index is -3.50. The van der Waals surface area contributed by atoms with Crippen LogP contribution in [0.4, 0.5) is 5.69 Å². The summed E-state index contributed by atoms with van der Waals surface area (Å²) in [5.74, 6) is 0.294. The van der Waals surface area contributed by atoms with Crippen LogP contribution in [0.15, 0.2) is 47.4 Å². The highest BCUT2D eigenvalue weighted by Gasteiger charge is 2.18. The third kappa shape index (κ3) is 3.23. The van der Waals surface area contributed by atoms with Gasteiger partial charge in [-0.1, -0.05) is 17.7 Å². The Morgan fingerprint density at radius 3 is 2.60 bits per heavy atom. The molecule has 0 spiro atoms. The Bertz CT molecular complexity index is 729. The molecule has 0 aromatic heterocycles. The molecule has 0 aliphatic rings. The van der Waals surface area contributed by atoms with Crippen molar-refractivity contribution in [1.29, 1.82) is 0 Å². The molecule has 0 aliphatic carbocycles. The quantitative estimate of drug-likeness (QED) is 0.881. The third-order valence-corrected chi connectivity index (χ3v) is 4.70. The second-order valence-corrected chi connectivity index (χ2v) is 6.71. The fourth-order valence-corrected chi connectivity index (χ4v) is 3.45. The van der Waals surface area contributed by atoms with Crippen LogP contribution < -0.4 is 10.5 Å². The standard InChI is InChI=1S/C14H14ClNO3S/c1-19-14-6-5-11(15)7-10(14)9-20(17,18)13-4-2-3-12(16)8-13/h2-8H,9,16H2,1H3. The molecule has 0 radical (unpaired) electrons. The van der Waals surface area contributed by atoms with Gasteiger partial charge in [0.05, 0.1) is 17.8 Å². The molecule has 4 nitrogen and oxygen atoms in total. The monoisotopic (exact) mass is 311 g/mol. The number of rotatable bonds is 4.